The van der Waals surface area contributed by atoms with Crippen LogP contribution in [0.25, 0.3) is 0 Å². The molecule has 1 heterocycles. The Hall–Kier alpha value is -0.990. The molecule has 2 N–H and O–H groups in total. The van der Waals surface area contributed by atoms with Gasteiger partial charge in [0, 0.05) is 13.1 Å². The molecular weight excluding hydrogens is 152 g/mol. The van der Waals surface area contributed by atoms with Gasteiger partial charge in [0.25, 0.3) is 5.91 Å². The van der Waals surface area contributed by atoms with Gasteiger partial charge in [-0.15, -0.1) is 0 Å². The predicted molar refractivity (Wildman–Crippen MR) is 48.4 cm³/mol. The lowest BCUT2D eigenvalue weighted by atomic mass is 10.3. The average Bonchev–Trinajstić information content (AvgIpc) is 2.51. The minimum absolute atomic E-state index is 0.293. The molecule has 0 aliphatic carbocycles. The second kappa shape index (κ2) is 4.14. The molecule has 0 saturated carbocycles. The Morgan fingerprint density at radius 1 is 1.50 bits per heavy atom. The minimum Gasteiger partial charge on any atom is -0.367 e. The Bertz CT molecular complexity index is 193. The number of hydrogen-bond acceptors (Lipinski definition) is 2. The largest absolute Gasteiger partial charge is 0.367 e. The highest BCUT2D eigenvalue weighted by Crippen LogP contribution is 2.14. The molecule has 0 aromatic carbocycles. The highest BCUT2D eigenvalue weighted by Gasteiger charge is 2.17. The quantitative estimate of drug-likeness (QED) is 0.635. The fraction of sp³-hybridized carbons (Fsp3) is 0.667. The van der Waals surface area contributed by atoms with Crippen molar-refractivity contribution in [3.05, 3.63) is 11.8 Å². The van der Waals surface area contributed by atoms with E-state index in [2.05, 4.69) is 4.90 Å². The summed E-state index contributed by atoms with van der Waals surface area (Å²) in [6.45, 7) is 3.97. The maximum Gasteiger partial charge on any atom is 0.264 e. The summed E-state index contributed by atoms with van der Waals surface area (Å²) >= 11 is 0. The van der Waals surface area contributed by atoms with Gasteiger partial charge in [-0.05, 0) is 19.3 Å². The topological polar surface area (TPSA) is 46.3 Å². The van der Waals surface area contributed by atoms with E-state index in [1.54, 1.807) is 0 Å². The van der Waals surface area contributed by atoms with E-state index in [1.807, 2.05) is 13.0 Å². The summed E-state index contributed by atoms with van der Waals surface area (Å²) in [5.74, 6) is -0.293. The van der Waals surface area contributed by atoms with E-state index in [1.165, 1.54) is 12.8 Å². The Labute approximate surface area is 73.2 Å². The third kappa shape index (κ3) is 2.00. The van der Waals surface area contributed by atoms with Gasteiger partial charge in [-0.2, -0.15) is 0 Å². The van der Waals surface area contributed by atoms with Gasteiger partial charge in [-0.1, -0.05) is 13.0 Å². The lowest BCUT2D eigenvalue weighted by Gasteiger charge is -2.18. The number of nitrogens with two attached hydrogens (primary N) is 1. The third-order valence-corrected chi connectivity index (χ3v) is 2.10. The first-order valence-electron chi connectivity index (χ1n) is 4.50. The van der Waals surface area contributed by atoms with Crippen LogP contribution in [0.3, 0.4) is 0 Å². The second-order valence-corrected chi connectivity index (χ2v) is 3.06. The van der Waals surface area contributed by atoms with E-state index >= 15 is 0 Å². The number of likely N-dealkylation sites (tertiary alicyclic amines) is 1. The molecule has 3 nitrogen and oxygen atoms in total. The van der Waals surface area contributed by atoms with Crippen molar-refractivity contribution in [3.63, 3.8) is 0 Å². The Morgan fingerprint density at radius 2 is 2.08 bits per heavy atom. The van der Waals surface area contributed by atoms with Crippen molar-refractivity contribution < 1.29 is 4.79 Å². The van der Waals surface area contributed by atoms with E-state index in [9.17, 15) is 4.79 Å². The highest BCUT2D eigenvalue weighted by molar-refractivity contribution is 5.91. The van der Waals surface area contributed by atoms with E-state index in [0.29, 0.717) is 5.70 Å². The maximum atomic E-state index is 11.0. The lowest BCUT2D eigenvalue weighted by Crippen LogP contribution is -2.29. The van der Waals surface area contributed by atoms with Crippen LogP contribution in [0.5, 0.6) is 0 Å². The van der Waals surface area contributed by atoms with Crippen molar-refractivity contribution in [1.29, 1.82) is 0 Å². The summed E-state index contributed by atoms with van der Waals surface area (Å²) in [5, 5.41) is 0. The molecule has 0 atom stereocenters. The molecule has 0 aromatic heterocycles. The molecule has 0 bridgehead atoms. The number of allylic oxidation sites excluding steroid dienone is 1. The van der Waals surface area contributed by atoms with E-state index < -0.39 is 0 Å². The summed E-state index contributed by atoms with van der Waals surface area (Å²) in [7, 11) is 0. The Kier molecular flexibility index (Phi) is 3.14. The molecular formula is C9H16N2O. The number of carbonyl (C=O) groups excluding carboxylic acids is 1. The van der Waals surface area contributed by atoms with Crippen LogP contribution in [-0.2, 0) is 4.79 Å². The Balaban J connectivity index is 2.64. The summed E-state index contributed by atoms with van der Waals surface area (Å²) in [4.78, 5) is 13.1. The van der Waals surface area contributed by atoms with Gasteiger partial charge in [-0.3, -0.25) is 4.79 Å². The fourth-order valence-corrected chi connectivity index (χ4v) is 1.54. The SMILES string of the molecule is CCC=C(C(N)=O)N1CCCC1. The van der Waals surface area contributed by atoms with Crippen molar-refractivity contribution in [3.8, 4) is 0 Å². The summed E-state index contributed by atoms with van der Waals surface area (Å²) in [6.07, 6.45) is 5.13. The van der Waals surface area contributed by atoms with Crippen LogP contribution in [0.1, 0.15) is 26.2 Å². The summed E-state index contributed by atoms with van der Waals surface area (Å²) < 4.78 is 0. The van der Waals surface area contributed by atoms with Crippen LogP contribution < -0.4 is 5.73 Å². The number of primary amides is 1. The molecule has 0 radical (unpaired) electrons. The zero-order valence-electron chi connectivity index (χ0n) is 7.55. The van der Waals surface area contributed by atoms with Crippen molar-refractivity contribution in [2.24, 2.45) is 5.73 Å². The molecule has 0 unspecified atom stereocenters. The summed E-state index contributed by atoms with van der Waals surface area (Å²) in [6, 6.07) is 0. The van der Waals surface area contributed by atoms with Crippen molar-refractivity contribution in [1.82, 2.24) is 4.90 Å². The average molecular weight is 168 g/mol. The normalized spacial score (nSPS) is 18.4. The first-order valence-corrected chi connectivity index (χ1v) is 4.50. The smallest absolute Gasteiger partial charge is 0.264 e. The highest BCUT2D eigenvalue weighted by atomic mass is 16.1. The second-order valence-electron chi connectivity index (χ2n) is 3.06. The van der Waals surface area contributed by atoms with Crippen molar-refractivity contribution in [2.45, 2.75) is 26.2 Å². The molecule has 1 saturated heterocycles. The molecule has 0 spiro atoms. The van der Waals surface area contributed by atoms with Crippen LogP contribution >= 0.6 is 0 Å². The van der Waals surface area contributed by atoms with Gasteiger partial charge in [0.2, 0.25) is 0 Å². The van der Waals surface area contributed by atoms with Crippen molar-refractivity contribution >= 4 is 5.91 Å². The number of amides is 1. The maximum absolute atomic E-state index is 11.0. The standard InChI is InChI=1S/C9H16N2O/c1-2-5-8(9(10)12)11-6-3-4-7-11/h5H,2-4,6-7H2,1H3,(H2,10,12). The van der Waals surface area contributed by atoms with Gasteiger partial charge in [-0.25, -0.2) is 0 Å². The van der Waals surface area contributed by atoms with Crippen LogP contribution in [0.2, 0.25) is 0 Å². The molecule has 68 valence electrons. The van der Waals surface area contributed by atoms with Gasteiger partial charge in [0.05, 0.1) is 5.70 Å². The monoisotopic (exact) mass is 168 g/mol. The molecule has 1 fully saturated rings. The van der Waals surface area contributed by atoms with Crippen LogP contribution in [-0.4, -0.2) is 23.9 Å². The molecule has 0 aromatic rings. The number of hydrogen-bond donors (Lipinski definition) is 1. The van der Waals surface area contributed by atoms with E-state index in [4.69, 9.17) is 5.73 Å². The van der Waals surface area contributed by atoms with Crippen LogP contribution in [0.4, 0.5) is 0 Å². The molecule has 1 amide bonds. The number of nitrogens with zero attached hydrogens (tertiary/aromatic N) is 1. The van der Waals surface area contributed by atoms with Gasteiger partial charge >= 0.3 is 0 Å². The number of carbonyl (C=O) groups is 1. The van der Waals surface area contributed by atoms with Crippen LogP contribution in [0.15, 0.2) is 11.8 Å². The molecule has 1 rings (SSSR count). The van der Waals surface area contributed by atoms with E-state index in [-0.39, 0.29) is 5.91 Å². The molecule has 12 heavy (non-hydrogen) atoms. The third-order valence-electron chi connectivity index (χ3n) is 2.10. The summed E-state index contributed by atoms with van der Waals surface area (Å²) in [5.41, 5.74) is 5.96. The van der Waals surface area contributed by atoms with Crippen molar-refractivity contribution in [2.75, 3.05) is 13.1 Å². The molecule has 1 aliphatic rings. The number of rotatable bonds is 3. The van der Waals surface area contributed by atoms with E-state index in [0.717, 1.165) is 19.5 Å². The van der Waals surface area contributed by atoms with Gasteiger partial charge < -0.3 is 10.6 Å². The van der Waals surface area contributed by atoms with Crippen LogP contribution in [0, 0.1) is 0 Å². The minimum atomic E-state index is -0.293. The first kappa shape index (κ1) is 9.10. The fourth-order valence-electron chi connectivity index (χ4n) is 1.54. The zero-order chi connectivity index (χ0) is 8.97. The zero-order valence-corrected chi connectivity index (χ0v) is 7.55. The van der Waals surface area contributed by atoms with Gasteiger partial charge in [0.1, 0.15) is 0 Å². The first-order chi connectivity index (χ1) is 5.75. The van der Waals surface area contributed by atoms with Gasteiger partial charge in [0.15, 0.2) is 0 Å². The lowest BCUT2D eigenvalue weighted by molar-refractivity contribution is -0.115. The Morgan fingerprint density at radius 3 is 2.50 bits per heavy atom. The molecule has 3 heteroatoms. The predicted octanol–water partition coefficient (Wildman–Crippen LogP) is 0.861. The molecule has 1 aliphatic heterocycles.